The van der Waals surface area contributed by atoms with Crippen molar-refractivity contribution < 1.29 is 18.4 Å². The van der Waals surface area contributed by atoms with Gasteiger partial charge in [-0.05, 0) is 38.3 Å². The summed E-state index contributed by atoms with van der Waals surface area (Å²) in [6.45, 7) is 11.7. The van der Waals surface area contributed by atoms with Crippen LogP contribution in [0.2, 0.25) is 38.3 Å². The first-order valence-corrected chi connectivity index (χ1v) is 12.8. The van der Waals surface area contributed by atoms with Gasteiger partial charge in [-0.25, -0.2) is 0 Å². The minimum absolute atomic E-state index is 0.128. The van der Waals surface area contributed by atoms with Crippen LogP contribution in [0.3, 0.4) is 0 Å². The van der Waals surface area contributed by atoms with E-state index in [1.54, 1.807) is 13.8 Å². The normalized spacial score (nSPS) is 12.1. The lowest BCUT2D eigenvalue weighted by molar-refractivity contribution is -0.136. The molecule has 0 aliphatic carbocycles. The highest BCUT2D eigenvalue weighted by Crippen LogP contribution is 2.22. The monoisotopic (exact) mass is 290 g/mol. The molecule has 0 unspecified atom stereocenters. The van der Waals surface area contributed by atoms with Crippen LogP contribution >= 0.6 is 0 Å². The Morgan fingerprint density at radius 2 is 1.06 bits per heavy atom. The molecule has 106 valence electrons. The average Bonchev–Trinajstić information content (AvgIpc) is 2.25. The number of carbonyl (C=O) groups is 2. The van der Waals surface area contributed by atoms with Gasteiger partial charge in [-0.2, -0.15) is 0 Å². The molecule has 4 nitrogen and oxygen atoms in total. The highest BCUT2D eigenvalue weighted by molar-refractivity contribution is 6.77. The summed E-state index contributed by atoms with van der Waals surface area (Å²) in [6.07, 6.45) is 0.837. The molecule has 0 aromatic rings. The van der Waals surface area contributed by atoms with Crippen molar-refractivity contribution in [3.8, 4) is 0 Å². The summed E-state index contributed by atoms with van der Waals surface area (Å²) in [7, 11) is -3.93. The van der Waals surface area contributed by atoms with Crippen LogP contribution in [0.5, 0.6) is 0 Å². The Bertz CT molecular complexity index is 270. The van der Waals surface area contributed by atoms with E-state index in [-0.39, 0.29) is 11.9 Å². The Hall–Kier alpha value is -0.626. The van der Waals surface area contributed by atoms with Crippen molar-refractivity contribution in [2.75, 3.05) is 0 Å². The second kappa shape index (κ2) is 7.08. The standard InChI is InChI=1S/C12H26O4Si2/c1-7-11(13)15-17(3,4)9-10-18(5,6)16-12(14)8-2/h7-10H2,1-6H3. The fourth-order valence-electron chi connectivity index (χ4n) is 1.46. The molecule has 0 aromatic heterocycles. The molecule has 0 bridgehead atoms. The van der Waals surface area contributed by atoms with E-state index < -0.39 is 16.6 Å². The van der Waals surface area contributed by atoms with Gasteiger partial charge in [0, 0.05) is 12.8 Å². The Kier molecular flexibility index (Phi) is 6.84. The third-order valence-corrected chi connectivity index (χ3v) is 7.66. The topological polar surface area (TPSA) is 52.6 Å². The van der Waals surface area contributed by atoms with E-state index in [1.807, 2.05) is 26.2 Å². The maximum atomic E-state index is 11.3. The van der Waals surface area contributed by atoms with Crippen molar-refractivity contribution in [2.45, 2.75) is 65.0 Å². The van der Waals surface area contributed by atoms with Gasteiger partial charge in [-0.15, -0.1) is 0 Å². The summed E-state index contributed by atoms with van der Waals surface area (Å²) in [5.41, 5.74) is 0. The number of hydrogen-bond acceptors (Lipinski definition) is 4. The van der Waals surface area contributed by atoms with E-state index in [4.69, 9.17) is 8.85 Å². The van der Waals surface area contributed by atoms with Gasteiger partial charge < -0.3 is 8.85 Å². The lowest BCUT2D eigenvalue weighted by Crippen LogP contribution is -2.39. The van der Waals surface area contributed by atoms with E-state index in [0.29, 0.717) is 12.8 Å². The molecular formula is C12H26O4Si2. The Morgan fingerprint density at radius 3 is 1.28 bits per heavy atom. The first-order valence-electron chi connectivity index (χ1n) is 6.55. The van der Waals surface area contributed by atoms with Crippen molar-refractivity contribution in [1.29, 1.82) is 0 Å². The molecule has 0 aliphatic heterocycles. The summed E-state index contributed by atoms with van der Waals surface area (Å²) in [5, 5.41) is 0. The molecule has 0 radical (unpaired) electrons. The van der Waals surface area contributed by atoms with Gasteiger partial charge in [0.15, 0.2) is 0 Å². The first-order chi connectivity index (χ1) is 8.12. The molecule has 18 heavy (non-hydrogen) atoms. The lowest BCUT2D eigenvalue weighted by Gasteiger charge is -2.28. The molecule has 0 rings (SSSR count). The van der Waals surface area contributed by atoms with Gasteiger partial charge in [-0.3, -0.25) is 9.59 Å². The van der Waals surface area contributed by atoms with Crippen LogP contribution in [-0.4, -0.2) is 28.6 Å². The van der Waals surface area contributed by atoms with Crippen LogP contribution in [0, 0.1) is 0 Å². The summed E-state index contributed by atoms with van der Waals surface area (Å²) < 4.78 is 11.0. The molecule has 6 heteroatoms. The summed E-state index contributed by atoms with van der Waals surface area (Å²) in [5.74, 6) is -0.256. The van der Waals surface area contributed by atoms with E-state index in [9.17, 15) is 9.59 Å². The minimum atomic E-state index is -1.96. The smallest absolute Gasteiger partial charge is 0.292 e. The van der Waals surface area contributed by atoms with Gasteiger partial charge in [0.05, 0.1) is 0 Å². The molecule has 0 saturated carbocycles. The molecular weight excluding hydrogens is 264 g/mol. The predicted octanol–water partition coefficient (Wildman–Crippen LogP) is 3.30. The molecule has 0 spiro atoms. The first kappa shape index (κ1) is 17.4. The van der Waals surface area contributed by atoms with Crippen molar-refractivity contribution in [1.82, 2.24) is 0 Å². The SMILES string of the molecule is CCC(=O)O[Si](C)(C)CC[Si](C)(C)OC(=O)CC. The third kappa shape index (κ3) is 7.65. The van der Waals surface area contributed by atoms with Gasteiger partial charge >= 0.3 is 0 Å². The van der Waals surface area contributed by atoms with Gasteiger partial charge in [0.2, 0.25) is 16.6 Å². The molecule has 0 heterocycles. The zero-order chi connectivity index (χ0) is 14.4. The largest absolute Gasteiger partial charge is 0.520 e. The van der Waals surface area contributed by atoms with Crippen LogP contribution in [0.25, 0.3) is 0 Å². The summed E-state index contributed by atoms with van der Waals surface area (Å²) in [6, 6.07) is 1.71. The number of carbonyl (C=O) groups excluding carboxylic acids is 2. The van der Waals surface area contributed by atoms with Crippen molar-refractivity contribution >= 4 is 28.6 Å². The molecule has 0 aliphatic rings. The van der Waals surface area contributed by atoms with Crippen molar-refractivity contribution in [3.63, 3.8) is 0 Å². The zero-order valence-corrected chi connectivity index (χ0v) is 14.5. The third-order valence-electron chi connectivity index (χ3n) is 2.69. The van der Waals surface area contributed by atoms with Crippen molar-refractivity contribution in [2.24, 2.45) is 0 Å². The maximum absolute atomic E-state index is 11.3. The van der Waals surface area contributed by atoms with Gasteiger partial charge in [0.1, 0.15) is 0 Å². The number of rotatable bonds is 7. The Balaban J connectivity index is 4.28. The van der Waals surface area contributed by atoms with Crippen LogP contribution in [0.1, 0.15) is 26.7 Å². The zero-order valence-electron chi connectivity index (χ0n) is 12.5. The van der Waals surface area contributed by atoms with Gasteiger partial charge in [-0.1, -0.05) is 13.8 Å². The molecule has 0 amide bonds. The quantitative estimate of drug-likeness (QED) is 0.675. The van der Waals surface area contributed by atoms with Gasteiger partial charge in [0.25, 0.3) is 11.9 Å². The number of hydrogen-bond donors (Lipinski definition) is 0. The van der Waals surface area contributed by atoms with Crippen LogP contribution in [0.15, 0.2) is 0 Å². The van der Waals surface area contributed by atoms with Crippen LogP contribution < -0.4 is 0 Å². The second-order valence-corrected chi connectivity index (χ2v) is 14.1. The van der Waals surface area contributed by atoms with E-state index in [0.717, 1.165) is 12.1 Å². The average molecular weight is 291 g/mol. The minimum Gasteiger partial charge on any atom is -0.520 e. The second-order valence-electron chi connectivity index (χ2n) is 5.67. The molecule has 0 fully saturated rings. The van der Waals surface area contributed by atoms with Crippen LogP contribution in [0.4, 0.5) is 0 Å². The van der Waals surface area contributed by atoms with E-state index >= 15 is 0 Å². The Morgan fingerprint density at radius 1 is 0.778 bits per heavy atom. The van der Waals surface area contributed by atoms with E-state index in [1.165, 1.54) is 0 Å². The summed E-state index contributed by atoms with van der Waals surface area (Å²) >= 11 is 0. The molecule has 0 aromatic carbocycles. The fraction of sp³-hybridized carbons (Fsp3) is 0.833. The highest BCUT2D eigenvalue weighted by atomic mass is 28.4. The maximum Gasteiger partial charge on any atom is 0.292 e. The summed E-state index contributed by atoms with van der Waals surface area (Å²) in [4.78, 5) is 22.6. The molecule has 0 atom stereocenters. The van der Waals surface area contributed by atoms with Crippen molar-refractivity contribution in [3.05, 3.63) is 0 Å². The Labute approximate surface area is 112 Å². The van der Waals surface area contributed by atoms with E-state index in [2.05, 4.69) is 0 Å². The van der Waals surface area contributed by atoms with Crippen LogP contribution in [-0.2, 0) is 18.4 Å². The predicted molar refractivity (Wildman–Crippen MR) is 77.3 cm³/mol. The fourth-order valence-corrected chi connectivity index (χ4v) is 8.01. The lowest BCUT2D eigenvalue weighted by atomic mass is 10.5. The molecule has 0 N–H and O–H groups in total. The molecule has 0 saturated heterocycles. The highest BCUT2D eigenvalue weighted by Gasteiger charge is 2.33.